The molecule has 0 aliphatic rings. The molecule has 0 spiro atoms. The number of halogens is 1. The smallest absolute Gasteiger partial charge is 0.164 e. The Labute approximate surface area is 175 Å². The Hall–Kier alpha value is -2.18. The van der Waals surface area contributed by atoms with Crippen LogP contribution in [0.2, 0.25) is 0 Å². The topological polar surface area (TPSA) is 22.4 Å². The predicted octanol–water partition coefficient (Wildman–Crippen LogP) is 6.94. The van der Waals surface area contributed by atoms with E-state index in [1.54, 1.807) is 0 Å². The molecule has 0 saturated heterocycles. The lowest BCUT2D eigenvalue weighted by Gasteiger charge is -2.23. The van der Waals surface area contributed by atoms with Crippen LogP contribution in [0.3, 0.4) is 0 Å². The molecule has 0 unspecified atom stereocenters. The number of rotatable bonds is 6. The maximum Gasteiger partial charge on any atom is 0.164 e. The fourth-order valence-electron chi connectivity index (χ4n) is 2.88. The highest BCUT2D eigenvalue weighted by atomic mass is 127. The Morgan fingerprint density at radius 2 is 1.22 bits per heavy atom. The van der Waals surface area contributed by atoms with Gasteiger partial charge in [0.15, 0.2) is 3.77 Å². The van der Waals surface area contributed by atoms with E-state index in [-0.39, 0.29) is 0 Å². The second-order valence-corrected chi connectivity index (χ2v) is 9.28. The van der Waals surface area contributed by atoms with Crippen LogP contribution < -0.4 is 4.74 Å². The van der Waals surface area contributed by atoms with Gasteiger partial charge in [0.25, 0.3) is 0 Å². The zero-order valence-corrected chi connectivity index (χ0v) is 17.6. The quantitative estimate of drug-likeness (QED) is 0.236. The summed E-state index contributed by atoms with van der Waals surface area (Å²) in [6.07, 6.45) is 0. The molecule has 4 rings (SSSR count). The first-order valence-corrected chi connectivity index (χ1v) is 11.1. The molecule has 27 heavy (non-hydrogen) atoms. The number of ether oxygens (including phenoxy) is 1. The molecule has 0 amide bonds. The highest BCUT2D eigenvalue weighted by molar-refractivity contribution is 14.1. The van der Waals surface area contributed by atoms with Gasteiger partial charge in [-0.05, 0) is 97.9 Å². The van der Waals surface area contributed by atoms with Gasteiger partial charge in [0, 0.05) is 0 Å². The van der Waals surface area contributed by atoms with Crippen molar-refractivity contribution in [3.8, 4) is 5.75 Å². The van der Waals surface area contributed by atoms with Crippen molar-refractivity contribution in [1.82, 2.24) is 0 Å². The highest BCUT2D eigenvalue weighted by Crippen LogP contribution is 2.51. The number of hydrogen-bond donors (Lipinski definition) is 1. The molecule has 1 heterocycles. The van der Waals surface area contributed by atoms with Crippen molar-refractivity contribution < 1.29 is 9.15 Å². The molecule has 2 nitrogen and oxygen atoms in total. The molecule has 0 saturated carbocycles. The summed E-state index contributed by atoms with van der Waals surface area (Å²) >= 11 is 2.16. The summed E-state index contributed by atoms with van der Waals surface area (Å²) in [5.74, 6) is 1.68. The van der Waals surface area contributed by atoms with E-state index in [2.05, 4.69) is 95.4 Å². The zero-order valence-electron chi connectivity index (χ0n) is 14.6. The minimum absolute atomic E-state index is 0.439. The van der Waals surface area contributed by atoms with Gasteiger partial charge in [0.05, 0.1) is 0 Å². The lowest BCUT2D eigenvalue weighted by Crippen LogP contribution is -1.94. The molecule has 0 fully saturated rings. The largest absolute Gasteiger partial charge is 0.486 e. The van der Waals surface area contributed by atoms with Crippen molar-refractivity contribution in [3.63, 3.8) is 0 Å². The molecule has 4 aromatic rings. The zero-order chi connectivity index (χ0) is 18.5. The van der Waals surface area contributed by atoms with Crippen molar-refractivity contribution in [2.45, 2.75) is 21.3 Å². The Bertz CT molecular complexity index is 942. The van der Waals surface area contributed by atoms with Gasteiger partial charge in [-0.25, -0.2) is 0 Å². The van der Waals surface area contributed by atoms with Crippen LogP contribution in [-0.2, 0) is 6.61 Å². The fraction of sp³-hybridized carbons (Fsp3) is 0.0435. The molecular formula is C23H19IO2S. The normalized spacial score (nSPS) is 11.2. The average Bonchev–Trinajstić information content (AvgIpc) is 3.14. The molecule has 0 N–H and O–H groups in total. The van der Waals surface area contributed by atoms with Crippen LogP contribution in [0.15, 0.2) is 116 Å². The van der Waals surface area contributed by atoms with Crippen LogP contribution in [-0.4, -0.2) is 0 Å². The van der Waals surface area contributed by atoms with Crippen LogP contribution in [0, 0.1) is 3.77 Å². The minimum Gasteiger partial charge on any atom is -0.486 e. The second kappa shape index (κ2) is 8.67. The molecule has 0 aliphatic carbocycles. The third-order valence-electron chi connectivity index (χ3n) is 4.13. The molecular weight excluding hydrogens is 467 g/mol. The Morgan fingerprint density at radius 1 is 0.667 bits per heavy atom. The van der Waals surface area contributed by atoms with Crippen LogP contribution in [0.4, 0.5) is 0 Å². The van der Waals surface area contributed by atoms with E-state index in [1.165, 1.54) is 14.7 Å². The number of benzene rings is 3. The van der Waals surface area contributed by atoms with Gasteiger partial charge in [-0.15, -0.1) is 0 Å². The molecule has 4 heteroatoms. The van der Waals surface area contributed by atoms with Gasteiger partial charge in [-0.2, -0.15) is 10.9 Å². The third-order valence-corrected chi connectivity index (χ3v) is 7.16. The summed E-state index contributed by atoms with van der Waals surface area (Å²) in [5, 5.41) is 0. The van der Waals surface area contributed by atoms with Crippen molar-refractivity contribution in [2.24, 2.45) is 0 Å². The van der Waals surface area contributed by atoms with Crippen LogP contribution in [0.1, 0.15) is 5.76 Å². The van der Waals surface area contributed by atoms with E-state index in [0.29, 0.717) is 6.61 Å². The summed E-state index contributed by atoms with van der Waals surface area (Å²) in [6, 6.07) is 33.7. The second-order valence-electron chi connectivity index (χ2n) is 5.99. The SMILES string of the molecule is Ic1ccc(COc2ccc([SH](c3ccccc3)c3ccccc3)cc2)o1. The van der Waals surface area contributed by atoms with Gasteiger partial charge < -0.3 is 9.15 Å². The van der Waals surface area contributed by atoms with Crippen molar-refractivity contribution in [3.05, 3.63) is 107 Å². The molecule has 3 aromatic carbocycles. The van der Waals surface area contributed by atoms with Gasteiger partial charge in [-0.3, -0.25) is 0 Å². The minimum atomic E-state index is -0.583. The predicted molar refractivity (Wildman–Crippen MR) is 119 cm³/mol. The van der Waals surface area contributed by atoms with Crippen molar-refractivity contribution >= 4 is 33.5 Å². The average molecular weight is 486 g/mol. The lowest BCUT2D eigenvalue weighted by atomic mass is 10.3. The summed E-state index contributed by atoms with van der Waals surface area (Å²) in [6.45, 7) is 0.439. The maximum atomic E-state index is 5.86. The Kier molecular flexibility index (Phi) is 5.84. The first-order valence-electron chi connectivity index (χ1n) is 8.67. The number of furan rings is 1. The molecule has 1 aromatic heterocycles. The molecule has 136 valence electrons. The van der Waals surface area contributed by atoms with E-state index in [0.717, 1.165) is 15.3 Å². The van der Waals surface area contributed by atoms with Crippen LogP contribution >= 0.6 is 33.5 Å². The summed E-state index contributed by atoms with van der Waals surface area (Å²) in [4.78, 5) is 4.00. The standard InChI is InChI=1S/C23H19IO2S/c24-23-16-13-19(26-23)17-25-18-11-14-22(15-12-18)27(20-7-3-1-4-8-20)21-9-5-2-6-10-21/h1-16,27H,17H2. The summed E-state index contributed by atoms with van der Waals surface area (Å²) in [7, 11) is -0.583. The van der Waals surface area contributed by atoms with Crippen LogP contribution in [0.25, 0.3) is 0 Å². The summed E-state index contributed by atoms with van der Waals surface area (Å²) < 4.78 is 12.3. The fourth-order valence-corrected chi connectivity index (χ4v) is 5.62. The van der Waals surface area contributed by atoms with E-state index in [9.17, 15) is 0 Å². The monoisotopic (exact) mass is 486 g/mol. The lowest BCUT2D eigenvalue weighted by molar-refractivity contribution is 0.267. The Morgan fingerprint density at radius 3 is 1.74 bits per heavy atom. The third kappa shape index (κ3) is 4.57. The molecule has 0 bridgehead atoms. The molecule has 0 radical (unpaired) electrons. The number of hydrogen-bond acceptors (Lipinski definition) is 2. The first kappa shape index (κ1) is 18.2. The van der Waals surface area contributed by atoms with Gasteiger partial charge >= 0.3 is 0 Å². The van der Waals surface area contributed by atoms with Crippen LogP contribution in [0.5, 0.6) is 5.75 Å². The van der Waals surface area contributed by atoms with E-state index in [1.807, 2.05) is 24.3 Å². The molecule has 0 atom stereocenters. The van der Waals surface area contributed by atoms with Gasteiger partial charge in [0.2, 0.25) is 0 Å². The van der Waals surface area contributed by atoms with Crippen molar-refractivity contribution in [1.29, 1.82) is 0 Å². The Balaban J connectivity index is 1.57. The van der Waals surface area contributed by atoms with E-state index >= 15 is 0 Å². The van der Waals surface area contributed by atoms with E-state index in [4.69, 9.17) is 9.15 Å². The first-order chi connectivity index (χ1) is 13.3. The summed E-state index contributed by atoms with van der Waals surface area (Å²) in [5.41, 5.74) is 0. The highest BCUT2D eigenvalue weighted by Gasteiger charge is 2.12. The molecule has 0 aliphatic heterocycles. The van der Waals surface area contributed by atoms with E-state index < -0.39 is 10.9 Å². The van der Waals surface area contributed by atoms with Crippen molar-refractivity contribution in [2.75, 3.05) is 0 Å². The van der Waals surface area contributed by atoms with Gasteiger partial charge in [0.1, 0.15) is 18.1 Å². The van der Waals surface area contributed by atoms with Gasteiger partial charge in [-0.1, -0.05) is 36.4 Å². The maximum absolute atomic E-state index is 5.86. The number of thiol groups is 1.